The van der Waals surface area contributed by atoms with Crippen molar-refractivity contribution in [3.63, 3.8) is 0 Å². The zero-order valence-corrected chi connectivity index (χ0v) is 14.1. The topological polar surface area (TPSA) is 90.1 Å². The van der Waals surface area contributed by atoms with E-state index in [1.165, 1.54) is 30.6 Å². The van der Waals surface area contributed by atoms with Gasteiger partial charge in [0.2, 0.25) is 5.91 Å². The van der Waals surface area contributed by atoms with Crippen LogP contribution in [0.2, 0.25) is 0 Å². The second-order valence-corrected chi connectivity index (χ2v) is 5.66. The van der Waals surface area contributed by atoms with Gasteiger partial charge in [-0.3, -0.25) is 14.9 Å². The minimum absolute atomic E-state index is 0.0160. The molecule has 136 valence electrons. The Morgan fingerprint density at radius 1 is 1.26 bits per heavy atom. The third kappa shape index (κ3) is 4.63. The van der Waals surface area contributed by atoms with E-state index in [9.17, 15) is 19.3 Å². The Kier molecular flexibility index (Phi) is 5.36. The van der Waals surface area contributed by atoms with Crippen molar-refractivity contribution in [3.8, 4) is 5.69 Å². The molecule has 0 aliphatic rings. The fourth-order valence-electron chi connectivity index (χ4n) is 2.40. The number of rotatable bonds is 6. The molecule has 8 heteroatoms. The number of hydrogen-bond acceptors (Lipinski definition) is 4. The standard InChI is InChI=1S/C19H15FN4O3/c20-17-11-15(3-7-18(17)23-10-9-21-13-23)12-22-19(25)8-4-14-1-5-16(6-2-14)24(26)27/h1-11,13H,12H2,(H,22,25)/b8-4+. The number of nitro benzene ring substituents is 1. The lowest BCUT2D eigenvalue weighted by Gasteiger charge is -2.07. The number of hydrogen-bond donors (Lipinski definition) is 1. The minimum atomic E-state index is -0.489. The second kappa shape index (κ2) is 8.05. The maximum absolute atomic E-state index is 14.2. The summed E-state index contributed by atoms with van der Waals surface area (Å²) in [6.45, 7) is 0.171. The zero-order valence-electron chi connectivity index (χ0n) is 14.1. The molecule has 0 bridgehead atoms. The molecule has 3 rings (SSSR count). The Bertz CT molecular complexity index is 983. The van der Waals surface area contributed by atoms with Crippen LogP contribution in [0.5, 0.6) is 0 Å². The molecule has 0 unspecified atom stereocenters. The molecule has 0 radical (unpaired) electrons. The van der Waals surface area contributed by atoms with Gasteiger partial charge in [-0.1, -0.05) is 6.07 Å². The van der Waals surface area contributed by atoms with Crippen LogP contribution < -0.4 is 5.32 Å². The van der Waals surface area contributed by atoms with E-state index in [-0.39, 0.29) is 18.1 Å². The van der Waals surface area contributed by atoms with E-state index in [0.29, 0.717) is 16.8 Å². The number of benzene rings is 2. The molecule has 0 aliphatic heterocycles. The summed E-state index contributed by atoms with van der Waals surface area (Å²) < 4.78 is 15.7. The number of nitrogens with zero attached hydrogens (tertiary/aromatic N) is 3. The molecular formula is C19H15FN4O3. The number of carbonyl (C=O) groups excluding carboxylic acids is 1. The van der Waals surface area contributed by atoms with Gasteiger partial charge < -0.3 is 9.88 Å². The van der Waals surface area contributed by atoms with Gasteiger partial charge >= 0.3 is 0 Å². The average molecular weight is 366 g/mol. The predicted octanol–water partition coefficient (Wildman–Crippen LogP) is 3.25. The van der Waals surface area contributed by atoms with Crippen LogP contribution in [0.15, 0.2) is 67.3 Å². The van der Waals surface area contributed by atoms with Crippen molar-refractivity contribution >= 4 is 17.7 Å². The molecule has 7 nitrogen and oxygen atoms in total. The van der Waals surface area contributed by atoms with E-state index in [2.05, 4.69) is 10.3 Å². The van der Waals surface area contributed by atoms with E-state index < -0.39 is 10.7 Å². The number of imidazole rings is 1. The van der Waals surface area contributed by atoms with Crippen molar-refractivity contribution < 1.29 is 14.1 Å². The highest BCUT2D eigenvalue weighted by molar-refractivity contribution is 5.91. The molecule has 0 fully saturated rings. The van der Waals surface area contributed by atoms with E-state index in [4.69, 9.17) is 0 Å². The van der Waals surface area contributed by atoms with Gasteiger partial charge in [-0.25, -0.2) is 9.37 Å². The number of nitrogens with one attached hydrogen (secondary N) is 1. The number of non-ortho nitro benzene ring substituents is 1. The molecule has 0 saturated carbocycles. The molecule has 3 aromatic rings. The highest BCUT2D eigenvalue weighted by atomic mass is 19.1. The lowest BCUT2D eigenvalue weighted by atomic mass is 10.2. The monoisotopic (exact) mass is 366 g/mol. The van der Waals surface area contributed by atoms with Crippen LogP contribution >= 0.6 is 0 Å². The Labute approximate surface area is 153 Å². The molecular weight excluding hydrogens is 351 g/mol. The Morgan fingerprint density at radius 3 is 2.67 bits per heavy atom. The van der Waals surface area contributed by atoms with E-state index in [0.717, 1.165) is 0 Å². The minimum Gasteiger partial charge on any atom is -0.348 e. The predicted molar refractivity (Wildman–Crippen MR) is 97.5 cm³/mol. The van der Waals surface area contributed by atoms with Gasteiger partial charge in [0.25, 0.3) is 5.69 Å². The quantitative estimate of drug-likeness (QED) is 0.412. The number of amides is 1. The van der Waals surface area contributed by atoms with Crippen LogP contribution in [0.1, 0.15) is 11.1 Å². The SMILES string of the molecule is O=C(/C=C/c1ccc([N+](=O)[O-])cc1)NCc1ccc(-n2ccnc2)c(F)c1. The Morgan fingerprint density at radius 2 is 2.04 bits per heavy atom. The molecule has 1 amide bonds. The van der Waals surface area contributed by atoms with Crippen LogP contribution in [-0.4, -0.2) is 20.4 Å². The van der Waals surface area contributed by atoms with Crippen molar-refractivity contribution in [1.82, 2.24) is 14.9 Å². The summed E-state index contributed by atoms with van der Waals surface area (Å²) in [4.78, 5) is 25.9. The molecule has 27 heavy (non-hydrogen) atoms. The fraction of sp³-hybridized carbons (Fsp3) is 0.0526. The normalized spacial score (nSPS) is 10.9. The maximum atomic E-state index is 14.2. The fourth-order valence-corrected chi connectivity index (χ4v) is 2.40. The van der Waals surface area contributed by atoms with Crippen molar-refractivity contribution in [2.45, 2.75) is 6.54 Å². The van der Waals surface area contributed by atoms with Crippen molar-refractivity contribution in [1.29, 1.82) is 0 Å². The molecule has 1 aromatic heterocycles. The molecule has 2 aromatic carbocycles. The smallest absolute Gasteiger partial charge is 0.269 e. The number of nitro groups is 1. The van der Waals surface area contributed by atoms with E-state index in [1.807, 2.05) is 0 Å². The largest absolute Gasteiger partial charge is 0.348 e. The second-order valence-electron chi connectivity index (χ2n) is 5.66. The van der Waals surface area contributed by atoms with Gasteiger partial charge in [0.05, 0.1) is 16.9 Å². The molecule has 1 N–H and O–H groups in total. The van der Waals surface area contributed by atoms with E-state index in [1.54, 1.807) is 47.3 Å². The van der Waals surface area contributed by atoms with E-state index >= 15 is 0 Å². The third-order valence-corrected chi connectivity index (χ3v) is 3.79. The van der Waals surface area contributed by atoms with Gasteiger partial charge in [-0.05, 0) is 41.5 Å². The summed E-state index contributed by atoms with van der Waals surface area (Å²) in [5.41, 5.74) is 1.64. The van der Waals surface area contributed by atoms with Crippen LogP contribution in [-0.2, 0) is 11.3 Å². The van der Waals surface area contributed by atoms with Gasteiger partial charge in [-0.15, -0.1) is 0 Å². The summed E-state index contributed by atoms with van der Waals surface area (Å²) in [6, 6.07) is 10.5. The molecule has 1 heterocycles. The van der Waals surface area contributed by atoms with Crippen molar-refractivity contribution in [2.75, 3.05) is 0 Å². The lowest BCUT2D eigenvalue weighted by molar-refractivity contribution is -0.384. The molecule has 0 aliphatic carbocycles. The van der Waals surface area contributed by atoms with Gasteiger partial charge in [-0.2, -0.15) is 0 Å². The summed E-state index contributed by atoms with van der Waals surface area (Å²) in [5.74, 6) is -0.770. The molecule has 0 atom stereocenters. The highest BCUT2D eigenvalue weighted by Gasteiger charge is 2.06. The summed E-state index contributed by atoms with van der Waals surface area (Å²) in [7, 11) is 0. The summed E-state index contributed by atoms with van der Waals surface area (Å²) in [6.07, 6.45) is 7.57. The maximum Gasteiger partial charge on any atom is 0.269 e. The first-order chi connectivity index (χ1) is 13.0. The van der Waals surface area contributed by atoms with Crippen molar-refractivity contribution in [3.05, 3.63) is 94.3 Å². The first kappa shape index (κ1) is 18.0. The zero-order chi connectivity index (χ0) is 19.2. The van der Waals surface area contributed by atoms with Gasteiger partial charge in [0.15, 0.2) is 0 Å². The van der Waals surface area contributed by atoms with Crippen LogP contribution in [0.4, 0.5) is 10.1 Å². The first-order valence-corrected chi connectivity index (χ1v) is 8.00. The number of halogens is 1. The molecule has 0 saturated heterocycles. The Balaban J connectivity index is 1.57. The van der Waals surface area contributed by atoms with Crippen LogP contribution in [0.25, 0.3) is 11.8 Å². The van der Waals surface area contributed by atoms with Crippen LogP contribution in [0, 0.1) is 15.9 Å². The molecule has 0 spiro atoms. The van der Waals surface area contributed by atoms with Crippen molar-refractivity contribution in [2.24, 2.45) is 0 Å². The summed E-state index contributed by atoms with van der Waals surface area (Å²) >= 11 is 0. The first-order valence-electron chi connectivity index (χ1n) is 8.00. The highest BCUT2D eigenvalue weighted by Crippen LogP contribution is 2.15. The lowest BCUT2D eigenvalue weighted by Crippen LogP contribution is -2.20. The number of carbonyl (C=O) groups is 1. The summed E-state index contributed by atoms with van der Waals surface area (Å²) in [5, 5.41) is 13.3. The number of aromatic nitrogens is 2. The van der Waals surface area contributed by atoms with Gasteiger partial charge in [0, 0.05) is 37.1 Å². The van der Waals surface area contributed by atoms with Crippen LogP contribution in [0.3, 0.4) is 0 Å². The Hall–Kier alpha value is -3.81. The third-order valence-electron chi connectivity index (χ3n) is 3.79. The average Bonchev–Trinajstić information content (AvgIpc) is 3.19. The van der Waals surface area contributed by atoms with Gasteiger partial charge in [0.1, 0.15) is 5.82 Å².